The molecule has 132 valence electrons. The molecule has 0 spiro atoms. The van der Waals surface area contributed by atoms with E-state index in [2.05, 4.69) is 15.3 Å². The molecule has 1 aliphatic heterocycles. The van der Waals surface area contributed by atoms with E-state index < -0.39 is 16.1 Å². The summed E-state index contributed by atoms with van der Waals surface area (Å²) in [5, 5.41) is 14.2. The summed E-state index contributed by atoms with van der Waals surface area (Å²) in [6, 6.07) is 3.36. The summed E-state index contributed by atoms with van der Waals surface area (Å²) in [5.74, 6) is 0.764. The maximum Gasteiger partial charge on any atom is 0.257 e. The predicted molar refractivity (Wildman–Crippen MR) is 91.4 cm³/mol. The van der Waals surface area contributed by atoms with Gasteiger partial charge in [-0.25, -0.2) is 8.42 Å². The third-order valence-corrected chi connectivity index (χ3v) is 6.92. The molecule has 3 aromatic heterocycles. The molecule has 1 saturated heterocycles. The standard InChI is InChI=1S/C15H17N5O3S2/c1-2-19-10-11(9-16-19)25(21,22)20-7-3-5-12(20)14-17-18-15(23-14)13-6-4-8-24-13/h4,6,8-10,12H,2-3,5,7H2,1H3/t12-/m0/s1. The molecule has 1 aliphatic rings. The van der Waals surface area contributed by atoms with Crippen molar-refractivity contribution in [3.05, 3.63) is 35.8 Å². The minimum absolute atomic E-state index is 0.194. The van der Waals surface area contributed by atoms with Crippen LogP contribution in [0.2, 0.25) is 0 Å². The van der Waals surface area contributed by atoms with Gasteiger partial charge in [-0.3, -0.25) is 4.68 Å². The molecule has 3 aromatic rings. The summed E-state index contributed by atoms with van der Waals surface area (Å²) in [4.78, 5) is 1.06. The van der Waals surface area contributed by atoms with Crippen molar-refractivity contribution in [2.45, 2.75) is 37.2 Å². The van der Waals surface area contributed by atoms with Crippen LogP contribution in [0.4, 0.5) is 0 Å². The molecule has 0 aromatic carbocycles. The lowest BCUT2D eigenvalue weighted by molar-refractivity contribution is 0.332. The van der Waals surface area contributed by atoms with Gasteiger partial charge in [-0.15, -0.1) is 21.5 Å². The lowest BCUT2D eigenvalue weighted by Gasteiger charge is -2.20. The van der Waals surface area contributed by atoms with Crippen molar-refractivity contribution in [1.29, 1.82) is 0 Å². The van der Waals surface area contributed by atoms with Gasteiger partial charge in [0.1, 0.15) is 10.9 Å². The maximum atomic E-state index is 13.0. The van der Waals surface area contributed by atoms with Crippen molar-refractivity contribution < 1.29 is 12.8 Å². The molecule has 4 rings (SSSR count). The first kappa shape index (κ1) is 16.4. The number of aromatic nitrogens is 4. The molecule has 0 radical (unpaired) electrons. The number of hydrogen-bond acceptors (Lipinski definition) is 7. The number of thiophene rings is 1. The van der Waals surface area contributed by atoms with E-state index >= 15 is 0 Å². The average molecular weight is 379 g/mol. The van der Waals surface area contributed by atoms with Gasteiger partial charge in [0.05, 0.1) is 11.1 Å². The second kappa shape index (κ2) is 6.36. The van der Waals surface area contributed by atoms with Crippen LogP contribution in [0.1, 0.15) is 31.7 Å². The van der Waals surface area contributed by atoms with Crippen LogP contribution in [0.5, 0.6) is 0 Å². The van der Waals surface area contributed by atoms with Crippen LogP contribution in [0.3, 0.4) is 0 Å². The van der Waals surface area contributed by atoms with E-state index in [1.807, 2.05) is 24.4 Å². The minimum Gasteiger partial charge on any atom is -0.418 e. The average Bonchev–Trinajstić information content (AvgIpc) is 3.42. The molecule has 25 heavy (non-hydrogen) atoms. The normalized spacial score (nSPS) is 18.8. The van der Waals surface area contributed by atoms with Crippen LogP contribution in [0.25, 0.3) is 10.8 Å². The Labute approximate surface area is 149 Å². The molecule has 0 saturated carbocycles. The highest BCUT2D eigenvalue weighted by Gasteiger charge is 2.39. The van der Waals surface area contributed by atoms with Gasteiger partial charge in [-0.1, -0.05) is 6.07 Å². The molecule has 0 unspecified atom stereocenters. The van der Waals surface area contributed by atoms with E-state index in [1.54, 1.807) is 10.9 Å². The molecule has 8 nitrogen and oxygen atoms in total. The van der Waals surface area contributed by atoms with E-state index in [0.29, 0.717) is 31.3 Å². The lowest BCUT2D eigenvalue weighted by Crippen LogP contribution is -2.30. The second-order valence-electron chi connectivity index (χ2n) is 5.73. The highest BCUT2D eigenvalue weighted by atomic mass is 32.2. The van der Waals surface area contributed by atoms with Gasteiger partial charge in [0.2, 0.25) is 15.9 Å². The zero-order valence-electron chi connectivity index (χ0n) is 13.6. The summed E-state index contributed by atoms with van der Waals surface area (Å²) in [6.07, 6.45) is 4.35. The van der Waals surface area contributed by atoms with Crippen LogP contribution in [0.15, 0.2) is 39.2 Å². The topological polar surface area (TPSA) is 94.1 Å². The van der Waals surface area contributed by atoms with Gasteiger partial charge in [-0.05, 0) is 31.2 Å². The summed E-state index contributed by atoms with van der Waals surface area (Å²) in [6.45, 7) is 2.96. The van der Waals surface area contributed by atoms with Crippen molar-refractivity contribution in [2.24, 2.45) is 0 Å². The van der Waals surface area contributed by atoms with Crippen LogP contribution in [-0.4, -0.2) is 39.2 Å². The van der Waals surface area contributed by atoms with E-state index in [-0.39, 0.29) is 4.90 Å². The van der Waals surface area contributed by atoms with Gasteiger partial charge in [0.15, 0.2) is 0 Å². The fourth-order valence-electron chi connectivity index (χ4n) is 2.93. The Morgan fingerprint density at radius 3 is 3.00 bits per heavy atom. The second-order valence-corrected chi connectivity index (χ2v) is 8.57. The van der Waals surface area contributed by atoms with Gasteiger partial charge in [0, 0.05) is 19.3 Å². The van der Waals surface area contributed by atoms with E-state index in [4.69, 9.17) is 4.42 Å². The van der Waals surface area contributed by atoms with Crippen molar-refractivity contribution in [1.82, 2.24) is 24.3 Å². The van der Waals surface area contributed by atoms with Gasteiger partial charge >= 0.3 is 0 Å². The molecule has 1 atom stereocenters. The Bertz CT molecular complexity index is 961. The fraction of sp³-hybridized carbons (Fsp3) is 0.400. The number of hydrogen-bond donors (Lipinski definition) is 0. The van der Waals surface area contributed by atoms with Crippen LogP contribution >= 0.6 is 11.3 Å². The first-order valence-electron chi connectivity index (χ1n) is 8.01. The highest BCUT2D eigenvalue weighted by Crippen LogP contribution is 2.37. The molecule has 0 amide bonds. The molecular formula is C15H17N5O3S2. The molecule has 0 aliphatic carbocycles. The van der Waals surface area contributed by atoms with Gasteiger partial charge in [0.25, 0.3) is 5.89 Å². The summed E-state index contributed by atoms with van der Waals surface area (Å²) in [7, 11) is -3.64. The first-order valence-corrected chi connectivity index (χ1v) is 10.3. The van der Waals surface area contributed by atoms with E-state index in [1.165, 1.54) is 21.8 Å². The predicted octanol–water partition coefficient (Wildman–Crippen LogP) is 2.54. The maximum absolute atomic E-state index is 13.0. The first-order chi connectivity index (χ1) is 12.1. The quantitative estimate of drug-likeness (QED) is 0.676. The Morgan fingerprint density at radius 2 is 2.28 bits per heavy atom. The zero-order chi connectivity index (χ0) is 17.4. The SMILES string of the molecule is CCn1cc(S(=O)(=O)N2CCC[C@H]2c2nnc(-c3cccs3)o2)cn1. The molecule has 0 N–H and O–H groups in total. The molecular weight excluding hydrogens is 362 g/mol. The van der Waals surface area contributed by atoms with E-state index in [9.17, 15) is 8.42 Å². The monoisotopic (exact) mass is 379 g/mol. The lowest BCUT2D eigenvalue weighted by atomic mass is 10.2. The third kappa shape index (κ3) is 2.90. The minimum atomic E-state index is -3.64. The molecule has 0 bridgehead atoms. The number of aryl methyl sites for hydroxylation is 1. The largest absolute Gasteiger partial charge is 0.418 e. The Hall–Kier alpha value is -2.04. The van der Waals surface area contributed by atoms with Crippen LogP contribution in [-0.2, 0) is 16.6 Å². The van der Waals surface area contributed by atoms with Crippen molar-refractivity contribution in [3.63, 3.8) is 0 Å². The number of nitrogens with zero attached hydrogens (tertiary/aromatic N) is 5. The van der Waals surface area contributed by atoms with Crippen molar-refractivity contribution in [2.75, 3.05) is 6.54 Å². The van der Waals surface area contributed by atoms with Gasteiger partial charge in [-0.2, -0.15) is 9.40 Å². The van der Waals surface area contributed by atoms with Crippen LogP contribution in [0, 0.1) is 0 Å². The van der Waals surface area contributed by atoms with Crippen LogP contribution < -0.4 is 0 Å². The molecule has 10 heteroatoms. The molecule has 1 fully saturated rings. The number of rotatable bonds is 5. The van der Waals surface area contributed by atoms with E-state index in [0.717, 1.165) is 11.3 Å². The molecule has 4 heterocycles. The zero-order valence-corrected chi connectivity index (χ0v) is 15.2. The highest BCUT2D eigenvalue weighted by molar-refractivity contribution is 7.89. The van der Waals surface area contributed by atoms with Crippen molar-refractivity contribution >= 4 is 21.4 Å². The Balaban J connectivity index is 1.64. The number of sulfonamides is 1. The van der Waals surface area contributed by atoms with Crippen molar-refractivity contribution in [3.8, 4) is 10.8 Å². The summed E-state index contributed by atoms with van der Waals surface area (Å²) in [5.41, 5.74) is 0. The smallest absolute Gasteiger partial charge is 0.257 e. The summed E-state index contributed by atoms with van der Waals surface area (Å²) >= 11 is 1.50. The Kier molecular flexibility index (Phi) is 4.18. The van der Waals surface area contributed by atoms with Gasteiger partial charge < -0.3 is 4.42 Å². The fourth-order valence-corrected chi connectivity index (χ4v) is 5.18. The third-order valence-electron chi connectivity index (χ3n) is 4.20. The Morgan fingerprint density at radius 1 is 1.40 bits per heavy atom. The summed E-state index contributed by atoms with van der Waals surface area (Å²) < 4.78 is 34.7.